The summed E-state index contributed by atoms with van der Waals surface area (Å²) in [6.07, 6.45) is 1.60. The molecule has 0 radical (unpaired) electrons. The van der Waals surface area contributed by atoms with Gasteiger partial charge in [-0.05, 0) is 18.2 Å². The average Bonchev–Trinajstić information content (AvgIpc) is 2.59. The smallest absolute Gasteiger partial charge is 0.101 e. The molecule has 0 bridgehead atoms. The van der Waals surface area contributed by atoms with Crippen molar-refractivity contribution in [2.24, 2.45) is 0 Å². The summed E-state index contributed by atoms with van der Waals surface area (Å²) in [7, 11) is 0. The van der Waals surface area contributed by atoms with Crippen molar-refractivity contribution >= 4 is 5.52 Å². The molecule has 2 rings (SSSR count). The summed E-state index contributed by atoms with van der Waals surface area (Å²) in [5.74, 6) is 0. The van der Waals surface area contributed by atoms with Crippen LogP contribution in [0.25, 0.3) is 5.52 Å². The first-order chi connectivity index (χ1) is 7.02. The van der Waals surface area contributed by atoms with E-state index in [4.69, 9.17) is 5.26 Å². The summed E-state index contributed by atoms with van der Waals surface area (Å²) in [6.45, 7) is 6.44. The van der Waals surface area contributed by atoms with Gasteiger partial charge in [0.2, 0.25) is 0 Å². The number of fused-ring (bicyclic) bond motifs is 1. The summed E-state index contributed by atoms with van der Waals surface area (Å²) in [4.78, 5) is 0. The topological polar surface area (TPSA) is 41.1 Å². The van der Waals surface area contributed by atoms with E-state index in [0.29, 0.717) is 5.56 Å². The molecule has 15 heavy (non-hydrogen) atoms. The third kappa shape index (κ3) is 1.59. The predicted molar refractivity (Wildman–Crippen MR) is 58.6 cm³/mol. The van der Waals surface area contributed by atoms with Gasteiger partial charge in [-0.15, -0.1) is 0 Å². The Morgan fingerprint density at radius 3 is 2.67 bits per heavy atom. The molecule has 0 aromatic carbocycles. The summed E-state index contributed by atoms with van der Waals surface area (Å²) in [6, 6.07) is 7.99. The lowest BCUT2D eigenvalue weighted by molar-refractivity contribution is 0.551. The van der Waals surface area contributed by atoms with Crippen molar-refractivity contribution in [3.8, 4) is 6.07 Å². The van der Waals surface area contributed by atoms with Crippen LogP contribution < -0.4 is 0 Å². The van der Waals surface area contributed by atoms with Crippen LogP contribution in [0.5, 0.6) is 0 Å². The van der Waals surface area contributed by atoms with Gasteiger partial charge in [-0.2, -0.15) is 10.4 Å². The van der Waals surface area contributed by atoms with Crippen LogP contribution in [0.2, 0.25) is 0 Å². The zero-order valence-corrected chi connectivity index (χ0v) is 9.15. The summed E-state index contributed by atoms with van der Waals surface area (Å²) in [5, 5.41) is 13.0. The quantitative estimate of drug-likeness (QED) is 0.654. The van der Waals surface area contributed by atoms with Crippen molar-refractivity contribution < 1.29 is 0 Å². The van der Waals surface area contributed by atoms with Gasteiger partial charge in [0.15, 0.2) is 0 Å². The zero-order chi connectivity index (χ0) is 11.1. The van der Waals surface area contributed by atoms with Gasteiger partial charge in [-0.25, -0.2) is 4.52 Å². The van der Waals surface area contributed by atoms with E-state index >= 15 is 0 Å². The van der Waals surface area contributed by atoms with Gasteiger partial charge >= 0.3 is 0 Å². The van der Waals surface area contributed by atoms with Gasteiger partial charge in [0.25, 0.3) is 0 Å². The largest absolute Gasteiger partial charge is 0.237 e. The Morgan fingerprint density at radius 1 is 1.33 bits per heavy atom. The fourth-order valence-electron chi connectivity index (χ4n) is 1.63. The van der Waals surface area contributed by atoms with Crippen LogP contribution in [0.15, 0.2) is 24.4 Å². The van der Waals surface area contributed by atoms with E-state index in [0.717, 1.165) is 11.2 Å². The predicted octanol–water partition coefficient (Wildman–Crippen LogP) is 2.50. The highest BCUT2D eigenvalue weighted by molar-refractivity contribution is 5.53. The third-order valence-corrected chi connectivity index (χ3v) is 2.40. The first kappa shape index (κ1) is 9.72. The molecule has 0 aliphatic heterocycles. The fourth-order valence-corrected chi connectivity index (χ4v) is 1.63. The Hall–Kier alpha value is -1.82. The molecule has 0 unspecified atom stereocenters. The molecule has 0 spiro atoms. The monoisotopic (exact) mass is 199 g/mol. The molecule has 0 atom stereocenters. The van der Waals surface area contributed by atoms with E-state index < -0.39 is 0 Å². The lowest BCUT2D eigenvalue weighted by Crippen LogP contribution is -2.15. The number of nitrogens with zero attached hydrogens (tertiary/aromatic N) is 3. The van der Waals surface area contributed by atoms with E-state index in [2.05, 4.69) is 38.0 Å². The molecule has 0 aliphatic rings. The number of hydrogen-bond donors (Lipinski definition) is 0. The lowest BCUT2D eigenvalue weighted by Gasteiger charge is -2.17. The summed E-state index contributed by atoms with van der Waals surface area (Å²) >= 11 is 0. The minimum Gasteiger partial charge on any atom is -0.237 e. The van der Waals surface area contributed by atoms with Crippen LogP contribution in [0.1, 0.15) is 32.0 Å². The number of aromatic nitrogens is 2. The number of hydrogen-bond acceptors (Lipinski definition) is 2. The van der Waals surface area contributed by atoms with Crippen molar-refractivity contribution in [3.05, 3.63) is 35.7 Å². The molecule has 0 N–H and O–H groups in total. The molecular weight excluding hydrogens is 186 g/mol. The summed E-state index contributed by atoms with van der Waals surface area (Å²) in [5.41, 5.74) is 2.79. The Morgan fingerprint density at radius 2 is 2.07 bits per heavy atom. The minimum atomic E-state index is 0.0631. The van der Waals surface area contributed by atoms with Crippen LogP contribution in [-0.2, 0) is 5.41 Å². The molecule has 3 nitrogen and oxygen atoms in total. The molecule has 2 aromatic heterocycles. The van der Waals surface area contributed by atoms with Crippen molar-refractivity contribution in [2.45, 2.75) is 26.2 Å². The van der Waals surface area contributed by atoms with Crippen LogP contribution in [-0.4, -0.2) is 9.61 Å². The Labute approximate surface area is 89.0 Å². The van der Waals surface area contributed by atoms with Crippen LogP contribution in [0, 0.1) is 11.3 Å². The van der Waals surface area contributed by atoms with E-state index in [9.17, 15) is 0 Å². The van der Waals surface area contributed by atoms with Crippen molar-refractivity contribution in [2.75, 3.05) is 0 Å². The highest BCUT2D eigenvalue weighted by atomic mass is 15.2. The number of nitriles is 1. The van der Waals surface area contributed by atoms with Crippen molar-refractivity contribution in [1.29, 1.82) is 5.26 Å². The minimum absolute atomic E-state index is 0.0631. The molecule has 2 aromatic rings. The second-order valence-electron chi connectivity index (χ2n) is 4.66. The maximum atomic E-state index is 8.76. The van der Waals surface area contributed by atoms with E-state index in [1.54, 1.807) is 6.20 Å². The van der Waals surface area contributed by atoms with E-state index in [-0.39, 0.29) is 5.41 Å². The van der Waals surface area contributed by atoms with Crippen LogP contribution in [0.3, 0.4) is 0 Å². The molecule has 0 fully saturated rings. The molecule has 0 saturated heterocycles. The maximum absolute atomic E-state index is 8.76. The van der Waals surface area contributed by atoms with Gasteiger partial charge < -0.3 is 0 Å². The molecule has 2 heterocycles. The second-order valence-corrected chi connectivity index (χ2v) is 4.66. The zero-order valence-electron chi connectivity index (χ0n) is 9.15. The van der Waals surface area contributed by atoms with Crippen molar-refractivity contribution in [3.63, 3.8) is 0 Å². The summed E-state index contributed by atoms with van der Waals surface area (Å²) < 4.78 is 1.89. The molecule has 0 saturated carbocycles. The first-order valence-corrected chi connectivity index (χ1v) is 4.91. The molecule has 0 amide bonds. The molecule has 3 heteroatoms. The van der Waals surface area contributed by atoms with E-state index in [1.807, 2.05) is 16.6 Å². The average molecular weight is 199 g/mol. The number of rotatable bonds is 0. The molecular formula is C12H13N3. The fraction of sp³-hybridized carbons (Fsp3) is 0.333. The Balaban J connectivity index is 2.69. The van der Waals surface area contributed by atoms with Crippen LogP contribution >= 0.6 is 0 Å². The van der Waals surface area contributed by atoms with Gasteiger partial charge in [0, 0.05) is 11.1 Å². The van der Waals surface area contributed by atoms with E-state index in [1.165, 1.54) is 0 Å². The Bertz CT molecular complexity index is 538. The standard InChI is InChI=1S/C12H13N3/c1-12(2,3)11-5-4-10-6-9(7-13)8-14-15(10)11/h4-6,8H,1-3H3. The van der Waals surface area contributed by atoms with Gasteiger partial charge in [0.05, 0.1) is 17.3 Å². The highest BCUT2D eigenvalue weighted by Crippen LogP contribution is 2.23. The highest BCUT2D eigenvalue weighted by Gasteiger charge is 2.18. The van der Waals surface area contributed by atoms with Gasteiger partial charge in [0.1, 0.15) is 6.07 Å². The van der Waals surface area contributed by atoms with Crippen LogP contribution in [0.4, 0.5) is 0 Å². The molecule has 0 aliphatic carbocycles. The maximum Gasteiger partial charge on any atom is 0.101 e. The van der Waals surface area contributed by atoms with Crippen molar-refractivity contribution in [1.82, 2.24) is 9.61 Å². The second kappa shape index (κ2) is 3.09. The first-order valence-electron chi connectivity index (χ1n) is 4.91. The Kier molecular flexibility index (Phi) is 2.01. The van der Waals surface area contributed by atoms with Gasteiger partial charge in [-0.3, -0.25) is 0 Å². The normalized spacial score (nSPS) is 11.6. The third-order valence-electron chi connectivity index (χ3n) is 2.40. The SMILES string of the molecule is CC(C)(C)c1ccc2cc(C#N)cnn12. The molecule has 76 valence electrons. The lowest BCUT2D eigenvalue weighted by atomic mass is 9.93. The van der Waals surface area contributed by atoms with Gasteiger partial charge in [-0.1, -0.05) is 20.8 Å².